The van der Waals surface area contributed by atoms with E-state index in [-0.39, 0.29) is 11.8 Å². The highest BCUT2D eigenvalue weighted by atomic mass is 16.5. The molecule has 2 amide bonds. The molecule has 8 nitrogen and oxygen atoms in total. The Bertz CT molecular complexity index is 995. The quantitative estimate of drug-likeness (QED) is 0.223. The lowest BCUT2D eigenvalue weighted by molar-refractivity contribution is -0.117. The van der Waals surface area contributed by atoms with Crippen molar-refractivity contribution in [2.75, 3.05) is 41.5 Å². The molecule has 2 aromatic rings. The van der Waals surface area contributed by atoms with Crippen molar-refractivity contribution >= 4 is 24.0 Å². The monoisotopic (exact) mass is 524 g/mol. The molecule has 0 aromatic heterocycles. The number of carbonyl (C=O) groups is 2. The van der Waals surface area contributed by atoms with Crippen molar-refractivity contribution in [2.45, 2.75) is 38.5 Å². The number of amides is 2. The summed E-state index contributed by atoms with van der Waals surface area (Å²) in [5.41, 5.74) is 1.73. The van der Waals surface area contributed by atoms with E-state index in [0.29, 0.717) is 36.1 Å². The number of hydrogen-bond acceptors (Lipinski definition) is 6. The summed E-state index contributed by atoms with van der Waals surface area (Å²) in [4.78, 5) is 24.1. The van der Waals surface area contributed by atoms with Crippen LogP contribution in [0.25, 0.3) is 12.2 Å². The Kier molecular flexibility index (Phi) is 14.0. The van der Waals surface area contributed by atoms with Crippen molar-refractivity contribution in [2.24, 2.45) is 0 Å². The highest BCUT2D eigenvalue weighted by Crippen LogP contribution is 2.28. The van der Waals surface area contributed by atoms with Crippen LogP contribution in [0.15, 0.2) is 48.6 Å². The lowest BCUT2D eigenvalue weighted by Crippen LogP contribution is -2.22. The minimum Gasteiger partial charge on any atom is -0.493 e. The van der Waals surface area contributed by atoms with Gasteiger partial charge in [0.15, 0.2) is 23.0 Å². The molecule has 2 N–H and O–H groups in total. The standard InChI is InChI=1S/C30H40N2O6/c1-35-25-15-11-23(21-27(25)37-3)13-17-29(33)31-19-9-7-5-6-8-10-20-32-30(34)18-14-24-12-16-26(36-2)28(22-24)38-4/h11-18,21-22H,5-10,19-20H2,1-4H3,(H,31,33)(H,32,34)/b17-13+,18-14+. The molecule has 0 saturated heterocycles. The minimum atomic E-state index is -0.115. The Morgan fingerprint density at radius 3 is 1.32 bits per heavy atom. The fraction of sp³-hybridized carbons (Fsp3) is 0.400. The summed E-state index contributed by atoms with van der Waals surface area (Å²) >= 11 is 0. The van der Waals surface area contributed by atoms with Crippen LogP contribution in [0.5, 0.6) is 23.0 Å². The van der Waals surface area contributed by atoms with E-state index in [1.54, 1.807) is 40.6 Å². The SMILES string of the molecule is COc1ccc(/C=C/C(=O)NCCCCCCCCNC(=O)/C=C/c2ccc(OC)c(OC)c2)cc1OC. The van der Waals surface area contributed by atoms with Crippen LogP contribution in [0.3, 0.4) is 0 Å². The molecule has 2 aromatic carbocycles. The van der Waals surface area contributed by atoms with Gasteiger partial charge in [-0.2, -0.15) is 0 Å². The fourth-order valence-electron chi connectivity index (χ4n) is 3.75. The van der Waals surface area contributed by atoms with Crippen LogP contribution in [0, 0.1) is 0 Å². The maximum absolute atomic E-state index is 12.0. The van der Waals surface area contributed by atoms with Crippen molar-refractivity contribution in [3.05, 3.63) is 59.7 Å². The van der Waals surface area contributed by atoms with E-state index in [4.69, 9.17) is 18.9 Å². The number of hydrogen-bond donors (Lipinski definition) is 2. The van der Waals surface area contributed by atoms with Gasteiger partial charge in [-0.05, 0) is 60.4 Å². The normalized spacial score (nSPS) is 10.9. The molecule has 2 rings (SSSR count). The van der Waals surface area contributed by atoms with Gasteiger partial charge in [0, 0.05) is 25.2 Å². The zero-order chi connectivity index (χ0) is 27.6. The van der Waals surface area contributed by atoms with E-state index >= 15 is 0 Å². The molecular weight excluding hydrogens is 484 g/mol. The second-order valence-corrected chi connectivity index (χ2v) is 8.60. The van der Waals surface area contributed by atoms with E-state index < -0.39 is 0 Å². The minimum absolute atomic E-state index is 0.115. The molecule has 8 heteroatoms. The first kappa shape index (κ1) is 30.3. The molecule has 38 heavy (non-hydrogen) atoms. The van der Waals surface area contributed by atoms with Gasteiger partial charge in [-0.3, -0.25) is 9.59 Å². The van der Waals surface area contributed by atoms with E-state index in [1.165, 1.54) is 12.2 Å². The summed E-state index contributed by atoms with van der Waals surface area (Å²) in [5, 5.41) is 5.83. The lowest BCUT2D eigenvalue weighted by atomic mass is 10.1. The summed E-state index contributed by atoms with van der Waals surface area (Å²) < 4.78 is 21.0. The van der Waals surface area contributed by atoms with Crippen LogP contribution < -0.4 is 29.6 Å². The number of methoxy groups -OCH3 is 4. The molecule has 0 heterocycles. The van der Waals surface area contributed by atoms with Gasteiger partial charge in [-0.15, -0.1) is 0 Å². The smallest absolute Gasteiger partial charge is 0.243 e. The number of ether oxygens (including phenoxy) is 4. The highest BCUT2D eigenvalue weighted by Gasteiger charge is 2.04. The maximum Gasteiger partial charge on any atom is 0.243 e. The van der Waals surface area contributed by atoms with Crippen molar-refractivity contribution in [1.82, 2.24) is 10.6 Å². The molecule has 0 aliphatic rings. The van der Waals surface area contributed by atoms with E-state index in [1.807, 2.05) is 36.4 Å². The van der Waals surface area contributed by atoms with E-state index in [2.05, 4.69) is 10.6 Å². The van der Waals surface area contributed by atoms with Crippen molar-refractivity contribution < 1.29 is 28.5 Å². The Labute approximate surface area is 226 Å². The second kappa shape index (κ2) is 17.5. The molecule has 0 fully saturated rings. The van der Waals surface area contributed by atoms with Crippen molar-refractivity contribution in [3.63, 3.8) is 0 Å². The maximum atomic E-state index is 12.0. The Morgan fingerprint density at radius 2 is 0.947 bits per heavy atom. The molecule has 0 spiro atoms. The van der Waals surface area contributed by atoms with Crippen LogP contribution in [-0.2, 0) is 9.59 Å². The predicted molar refractivity (Wildman–Crippen MR) is 151 cm³/mol. The largest absolute Gasteiger partial charge is 0.493 e. The first-order chi connectivity index (χ1) is 18.5. The molecular formula is C30H40N2O6. The molecule has 0 atom stereocenters. The zero-order valence-corrected chi connectivity index (χ0v) is 22.9. The van der Waals surface area contributed by atoms with Gasteiger partial charge in [0.05, 0.1) is 28.4 Å². The first-order valence-electron chi connectivity index (χ1n) is 12.9. The predicted octanol–water partition coefficient (Wildman–Crippen LogP) is 5.02. The third-order valence-corrected chi connectivity index (χ3v) is 5.87. The van der Waals surface area contributed by atoms with Crippen LogP contribution in [-0.4, -0.2) is 53.3 Å². The van der Waals surface area contributed by atoms with Crippen LogP contribution in [0.4, 0.5) is 0 Å². The van der Waals surface area contributed by atoms with Crippen molar-refractivity contribution in [1.29, 1.82) is 0 Å². The summed E-state index contributed by atoms with van der Waals surface area (Å²) in [6.45, 7) is 1.30. The molecule has 0 aliphatic carbocycles. The van der Waals surface area contributed by atoms with Crippen molar-refractivity contribution in [3.8, 4) is 23.0 Å². The van der Waals surface area contributed by atoms with E-state index in [9.17, 15) is 9.59 Å². The van der Waals surface area contributed by atoms with Gasteiger partial charge in [0.25, 0.3) is 0 Å². The number of unbranched alkanes of at least 4 members (excludes halogenated alkanes) is 5. The molecule has 0 bridgehead atoms. The summed E-state index contributed by atoms with van der Waals surface area (Å²) in [5.74, 6) is 2.32. The number of rotatable bonds is 17. The highest BCUT2D eigenvalue weighted by molar-refractivity contribution is 5.92. The molecule has 0 saturated carbocycles. The molecule has 0 unspecified atom stereocenters. The summed E-state index contributed by atoms with van der Waals surface area (Å²) in [6, 6.07) is 11.0. The van der Waals surface area contributed by atoms with Gasteiger partial charge in [0.2, 0.25) is 11.8 Å². The van der Waals surface area contributed by atoms with Crippen LogP contribution in [0.2, 0.25) is 0 Å². The van der Waals surface area contributed by atoms with Crippen LogP contribution in [0.1, 0.15) is 49.7 Å². The third kappa shape index (κ3) is 11.0. The molecule has 0 radical (unpaired) electrons. The fourth-order valence-corrected chi connectivity index (χ4v) is 3.75. The first-order valence-corrected chi connectivity index (χ1v) is 12.9. The molecule has 0 aliphatic heterocycles. The Hall–Kier alpha value is -3.94. The average Bonchev–Trinajstić information content (AvgIpc) is 2.95. The number of carbonyl (C=O) groups excluding carboxylic acids is 2. The van der Waals surface area contributed by atoms with Gasteiger partial charge in [-0.1, -0.05) is 37.8 Å². The lowest BCUT2D eigenvalue weighted by Gasteiger charge is -2.07. The Morgan fingerprint density at radius 1 is 0.579 bits per heavy atom. The third-order valence-electron chi connectivity index (χ3n) is 5.87. The van der Waals surface area contributed by atoms with Gasteiger partial charge < -0.3 is 29.6 Å². The summed E-state index contributed by atoms with van der Waals surface area (Å²) in [6.07, 6.45) is 12.7. The molecule has 206 valence electrons. The zero-order valence-electron chi connectivity index (χ0n) is 22.9. The second-order valence-electron chi connectivity index (χ2n) is 8.60. The number of benzene rings is 2. The van der Waals surface area contributed by atoms with Gasteiger partial charge in [0.1, 0.15) is 0 Å². The van der Waals surface area contributed by atoms with Gasteiger partial charge >= 0.3 is 0 Å². The topological polar surface area (TPSA) is 95.1 Å². The number of nitrogens with one attached hydrogen (secondary N) is 2. The average molecular weight is 525 g/mol. The summed E-state index contributed by atoms with van der Waals surface area (Å²) in [7, 11) is 6.34. The Balaban J connectivity index is 1.51. The van der Waals surface area contributed by atoms with Crippen LogP contribution >= 0.6 is 0 Å². The van der Waals surface area contributed by atoms with E-state index in [0.717, 1.165) is 49.7 Å². The van der Waals surface area contributed by atoms with Gasteiger partial charge in [-0.25, -0.2) is 0 Å².